The van der Waals surface area contributed by atoms with Gasteiger partial charge in [-0.2, -0.15) is 0 Å². The number of guanidine groups is 1. The number of nitrogens with zero attached hydrogens (tertiary/aromatic N) is 2. The van der Waals surface area contributed by atoms with Gasteiger partial charge in [-0.05, 0) is 17.7 Å². The van der Waals surface area contributed by atoms with Crippen LogP contribution < -0.4 is 10.6 Å². The Hall–Kier alpha value is -0.970. The van der Waals surface area contributed by atoms with E-state index >= 15 is 0 Å². The molecule has 1 heterocycles. The zero-order chi connectivity index (χ0) is 17.2. The monoisotopic (exact) mass is 466 g/mol. The van der Waals surface area contributed by atoms with Crippen LogP contribution in [0.3, 0.4) is 0 Å². The number of rotatable bonds is 7. The molecular weight excluding hydrogens is 438 g/mol. The normalized spacial score (nSPS) is 16.8. The molecule has 25 heavy (non-hydrogen) atoms. The molecule has 6 nitrogen and oxygen atoms in total. The maximum atomic E-state index is 13.2. The van der Waals surface area contributed by atoms with E-state index in [1.54, 1.807) is 14.2 Å². The van der Waals surface area contributed by atoms with E-state index in [0.29, 0.717) is 19.7 Å². The lowest BCUT2D eigenvalue weighted by atomic mass is 10.0. The molecule has 0 spiro atoms. The van der Waals surface area contributed by atoms with Gasteiger partial charge < -0.3 is 20.1 Å². The van der Waals surface area contributed by atoms with Crippen molar-refractivity contribution in [3.8, 4) is 0 Å². The zero-order valence-electron chi connectivity index (χ0n) is 14.8. The highest BCUT2D eigenvalue weighted by Crippen LogP contribution is 2.21. The van der Waals surface area contributed by atoms with E-state index in [1.807, 2.05) is 12.1 Å². The topological polar surface area (TPSA) is 58.1 Å². The molecular formula is C17H28FIN4O2. The van der Waals surface area contributed by atoms with Crippen molar-refractivity contribution >= 4 is 29.9 Å². The van der Waals surface area contributed by atoms with Gasteiger partial charge in [0.15, 0.2) is 5.96 Å². The van der Waals surface area contributed by atoms with Crippen LogP contribution in [-0.4, -0.2) is 71.0 Å². The second-order valence-corrected chi connectivity index (χ2v) is 5.59. The van der Waals surface area contributed by atoms with Crippen molar-refractivity contribution in [3.05, 3.63) is 35.6 Å². The van der Waals surface area contributed by atoms with Gasteiger partial charge in [0.2, 0.25) is 0 Å². The Labute approximate surface area is 166 Å². The lowest BCUT2D eigenvalue weighted by Crippen LogP contribution is -2.46. The van der Waals surface area contributed by atoms with Crippen molar-refractivity contribution in [1.82, 2.24) is 15.5 Å². The minimum absolute atomic E-state index is 0. The van der Waals surface area contributed by atoms with Gasteiger partial charge in [-0.1, -0.05) is 12.1 Å². The fourth-order valence-electron chi connectivity index (χ4n) is 2.72. The predicted molar refractivity (Wildman–Crippen MR) is 108 cm³/mol. The fourth-order valence-corrected chi connectivity index (χ4v) is 2.72. The van der Waals surface area contributed by atoms with Crippen LogP contribution >= 0.6 is 24.0 Å². The maximum Gasteiger partial charge on any atom is 0.191 e. The Bertz CT molecular complexity index is 510. The fraction of sp³-hybridized carbons (Fsp3) is 0.588. The molecule has 1 aliphatic rings. The predicted octanol–water partition coefficient (Wildman–Crippen LogP) is 1.63. The van der Waals surface area contributed by atoms with Gasteiger partial charge in [-0.25, -0.2) is 4.39 Å². The quantitative estimate of drug-likeness (QED) is 0.277. The molecule has 1 aliphatic heterocycles. The van der Waals surface area contributed by atoms with Crippen molar-refractivity contribution in [2.45, 2.75) is 6.04 Å². The molecule has 1 atom stereocenters. The van der Waals surface area contributed by atoms with Crippen LogP contribution in [0.25, 0.3) is 0 Å². The van der Waals surface area contributed by atoms with Gasteiger partial charge in [0, 0.05) is 40.3 Å². The first-order valence-electron chi connectivity index (χ1n) is 8.25. The number of hydrogen-bond acceptors (Lipinski definition) is 4. The molecule has 1 saturated heterocycles. The third-order valence-corrected chi connectivity index (χ3v) is 4.03. The van der Waals surface area contributed by atoms with Crippen LogP contribution in [0.5, 0.6) is 0 Å². The van der Waals surface area contributed by atoms with Crippen molar-refractivity contribution in [3.63, 3.8) is 0 Å². The summed E-state index contributed by atoms with van der Waals surface area (Å²) < 4.78 is 23.7. The average Bonchev–Trinajstić information content (AvgIpc) is 2.63. The van der Waals surface area contributed by atoms with Crippen molar-refractivity contribution in [1.29, 1.82) is 0 Å². The van der Waals surface area contributed by atoms with E-state index in [1.165, 1.54) is 12.1 Å². The van der Waals surface area contributed by atoms with Crippen LogP contribution in [0.1, 0.15) is 11.6 Å². The highest BCUT2D eigenvalue weighted by Gasteiger charge is 2.22. The highest BCUT2D eigenvalue weighted by molar-refractivity contribution is 14.0. The summed E-state index contributed by atoms with van der Waals surface area (Å²) in [7, 11) is 3.41. The first kappa shape index (κ1) is 22.1. The number of benzene rings is 1. The number of hydrogen-bond donors (Lipinski definition) is 2. The Morgan fingerprint density at radius 2 is 1.96 bits per heavy atom. The lowest BCUT2D eigenvalue weighted by molar-refractivity contribution is 0.0170. The number of morpholine rings is 1. The largest absolute Gasteiger partial charge is 0.383 e. The molecule has 0 aromatic heterocycles. The standard InChI is InChI=1S/C17H27FN4O2.HI/c1-19-17(20-7-10-23-2)21-13-16(22-8-11-24-12-9-22)14-3-5-15(18)6-4-14;/h3-6,16H,7-13H2,1-2H3,(H2,19,20,21);1H. The number of ether oxygens (including phenoxy) is 2. The summed E-state index contributed by atoms with van der Waals surface area (Å²) in [5, 5.41) is 6.55. The van der Waals surface area contributed by atoms with E-state index in [0.717, 1.165) is 37.8 Å². The van der Waals surface area contributed by atoms with Crippen LogP contribution in [0.15, 0.2) is 29.3 Å². The average molecular weight is 466 g/mol. The van der Waals surface area contributed by atoms with Gasteiger partial charge in [-0.15, -0.1) is 24.0 Å². The molecule has 2 N–H and O–H groups in total. The third kappa shape index (κ3) is 7.43. The Kier molecular flexibility index (Phi) is 10.9. The lowest BCUT2D eigenvalue weighted by Gasteiger charge is -2.35. The Balaban J connectivity index is 0.00000312. The summed E-state index contributed by atoms with van der Waals surface area (Å²) in [6.45, 7) is 5.15. The Morgan fingerprint density at radius 1 is 1.28 bits per heavy atom. The molecule has 0 saturated carbocycles. The zero-order valence-corrected chi connectivity index (χ0v) is 17.2. The van der Waals surface area contributed by atoms with Crippen molar-refractivity contribution in [2.24, 2.45) is 4.99 Å². The van der Waals surface area contributed by atoms with Crippen LogP contribution in [0.2, 0.25) is 0 Å². The SMILES string of the molecule is CN=C(NCCOC)NCC(c1ccc(F)cc1)N1CCOCC1.I. The molecule has 0 bridgehead atoms. The molecule has 1 aromatic rings. The van der Waals surface area contributed by atoms with Crippen LogP contribution in [0.4, 0.5) is 4.39 Å². The second-order valence-electron chi connectivity index (χ2n) is 5.59. The first-order valence-corrected chi connectivity index (χ1v) is 8.25. The molecule has 0 amide bonds. The van der Waals surface area contributed by atoms with E-state index < -0.39 is 0 Å². The van der Waals surface area contributed by atoms with Crippen molar-refractivity contribution < 1.29 is 13.9 Å². The number of nitrogens with one attached hydrogen (secondary N) is 2. The molecule has 2 rings (SSSR count). The number of halogens is 2. The Morgan fingerprint density at radius 3 is 2.56 bits per heavy atom. The molecule has 142 valence electrons. The summed E-state index contributed by atoms with van der Waals surface area (Å²) in [6, 6.07) is 6.84. The second kappa shape index (κ2) is 12.4. The summed E-state index contributed by atoms with van der Waals surface area (Å²) in [4.78, 5) is 6.57. The summed E-state index contributed by atoms with van der Waals surface area (Å²) in [5.41, 5.74) is 1.08. The summed E-state index contributed by atoms with van der Waals surface area (Å²) >= 11 is 0. The van der Waals surface area contributed by atoms with Crippen LogP contribution in [-0.2, 0) is 9.47 Å². The smallest absolute Gasteiger partial charge is 0.191 e. The van der Waals surface area contributed by atoms with Gasteiger partial charge in [-0.3, -0.25) is 9.89 Å². The van der Waals surface area contributed by atoms with Gasteiger partial charge in [0.25, 0.3) is 0 Å². The van der Waals surface area contributed by atoms with E-state index in [2.05, 4.69) is 20.5 Å². The van der Waals surface area contributed by atoms with Crippen LogP contribution in [0, 0.1) is 5.82 Å². The minimum Gasteiger partial charge on any atom is -0.383 e. The van der Waals surface area contributed by atoms with Crippen molar-refractivity contribution in [2.75, 3.05) is 60.2 Å². The van der Waals surface area contributed by atoms with Gasteiger partial charge in [0.1, 0.15) is 5.82 Å². The first-order chi connectivity index (χ1) is 11.7. The highest BCUT2D eigenvalue weighted by atomic mass is 127. The summed E-state index contributed by atoms with van der Waals surface area (Å²) in [6.07, 6.45) is 0. The molecule has 8 heteroatoms. The van der Waals surface area contributed by atoms with Gasteiger partial charge >= 0.3 is 0 Å². The molecule has 1 aromatic carbocycles. The molecule has 1 fully saturated rings. The van der Waals surface area contributed by atoms with Gasteiger partial charge in [0.05, 0.1) is 25.9 Å². The van der Waals surface area contributed by atoms with E-state index in [-0.39, 0.29) is 35.8 Å². The number of methoxy groups -OCH3 is 1. The molecule has 0 aliphatic carbocycles. The maximum absolute atomic E-state index is 13.2. The van der Waals surface area contributed by atoms with E-state index in [9.17, 15) is 4.39 Å². The minimum atomic E-state index is -0.218. The third-order valence-electron chi connectivity index (χ3n) is 4.03. The molecule has 0 radical (unpaired) electrons. The van der Waals surface area contributed by atoms with E-state index in [4.69, 9.17) is 9.47 Å². The summed E-state index contributed by atoms with van der Waals surface area (Å²) in [5.74, 6) is 0.511. The number of aliphatic imine (C=N–C) groups is 1. The molecule has 1 unspecified atom stereocenters.